The molecule has 6 nitrogen and oxygen atoms in total. The monoisotopic (exact) mass is 246 g/mol. The van der Waals surface area contributed by atoms with Crippen LogP contribution in [0.25, 0.3) is 5.57 Å². The van der Waals surface area contributed by atoms with Crippen molar-refractivity contribution in [1.82, 2.24) is 0 Å². The van der Waals surface area contributed by atoms with Gasteiger partial charge in [-0.2, -0.15) is 0 Å². The first-order valence-electron chi connectivity index (χ1n) is 5.30. The van der Waals surface area contributed by atoms with Crippen molar-refractivity contribution < 1.29 is 9.85 Å². The van der Waals surface area contributed by atoms with Crippen LogP contribution in [0, 0.1) is 20.2 Å². The molecule has 0 amide bonds. The predicted octanol–water partition coefficient (Wildman–Crippen LogP) is 2.28. The summed E-state index contributed by atoms with van der Waals surface area (Å²) in [7, 11) is 0. The fraction of sp³-hybridized carbons (Fsp3) is 0.167. The van der Waals surface area contributed by atoms with Crippen molar-refractivity contribution in [2.75, 3.05) is 0 Å². The highest BCUT2D eigenvalue weighted by atomic mass is 16.7. The van der Waals surface area contributed by atoms with Gasteiger partial charge in [-0.15, -0.1) is 0 Å². The number of benzene rings is 1. The van der Waals surface area contributed by atoms with Crippen LogP contribution < -0.4 is 0 Å². The summed E-state index contributed by atoms with van der Waals surface area (Å²) in [6.45, 7) is 0. The van der Waals surface area contributed by atoms with E-state index < -0.39 is 15.5 Å². The van der Waals surface area contributed by atoms with Crippen molar-refractivity contribution in [3.05, 3.63) is 74.4 Å². The van der Waals surface area contributed by atoms with Gasteiger partial charge in [-0.25, -0.2) is 0 Å². The molecule has 0 aromatic heterocycles. The first-order valence-corrected chi connectivity index (χ1v) is 5.30. The molecule has 0 saturated carbocycles. The second-order valence-corrected chi connectivity index (χ2v) is 3.96. The van der Waals surface area contributed by atoms with Crippen molar-refractivity contribution in [1.29, 1.82) is 0 Å². The maximum atomic E-state index is 10.8. The molecule has 0 heterocycles. The van der Waals surface area contributed by atoms with Gasteiger partial charge in [-0.3, -0.25) is 20.2 Å². The first-order chi connectivity index (χ1) is 8.56. The van der Waals surface area contributed by atoms with E-state index in [-0.39, 0.29) is 6.42 Å². The molecular weight excluding hydrogens is 236 g/mol. The molecule has 0 N–H and O–H groups in total. The smallest absolute Gasteiger partial charge is 0.258 e. The Balaban J connectivity index is 2.31. The molecule has 1 aliphatic rings. The van der Waals surface area contributed by atoms with Gasteiger partial charge in [0.15, 0.2) is 0 Å². The molecular formula is C12H10N2O4. The molecule has 1 aliphatic carbocycles. The summed E-state index contributed by atoms with van der Waals surface area (Å²) < 4.78 is 0. The van der Waals surface area contributed by atoms with Crippen molar-refractivity contribution in [2.24, 2.45) is 0 Å². The third kappa shape index (κ3) is 1.88. The zero-order chi connectivity index (χ0) is 13.2. The van der Waals surface area contributed by atoms with Crippen LogP contribution in [-0.2, 0) is 0 Å². The summed E-state index contributed by atoms with van der Waals surface area (Å²) in [5, 5.41) is 21.7. The second-order valence-electron chi connectivity index (χ2n) is 3.96. The molecule has 0 saturated heterocycles. The van der Waals surface area contributed by atoms with Crippen LogP contribution in [0.5, 0.6) is 0 Å². The Morgan fingerprint density at radius 2 is 1.67 bits per heavy atom. The van der Waals surface area contributed by atoms with Gasteiger partial charge in [0.05, 0.1) is 6.08 Å². The number of rotatable bonds is 3. The van der Waals surface area contributed by atoms with Gasteiger partial charge in [-0.05, 0) is 17.2 Å². The molecule has 0 unspecified atom stereocenters. The molecule has 0 atom stereocenters. The maximum absolute atomic E-state index is 10.8. The first kappa shape index (κ1) is 12.0. The molecule has 92 valence electrons. The van der Waals surface area contributed by atoms with Crippen LogP contribution in [0.1, 0.15) is 12.0 Å². The Bertz CT molecular complexity index is 534. The molecule has 0 radical (unpaired) electrons. The molecule has 0 spiro atoms. The third-order valence-corrected chi connectivity index (χ3v) is 2.89. The minimum Gasteiger partial charge on any atom is -0.258 e. The van der Waals surface area contributed by atoms with Crippen LogP contribution in [-0.4, -0.2) is 15.5 Å². The fourth-order valence-electron chi connectivity index (χ4n) is 1.80. The Kier molecular flexibility index (Phi) is 2.93. The Labute approximate surface area is 103 Å². The van der Waals surface area contributed by atoms with Gasteiger partial charge in [0.2, 0.25) is 0 Å². The lowest BCUT2D eigenvalue weighted by molar-refractivity contribution is -0.780. The van der Waals surface area contributed by atoms with E-state index in [9.17, 15) is 20.2 Å². The summed E-state index contributed by atoms with van der Waals surface area (Å²) in [4.78, 5) is 20.0. The predicted molar refractivity (Wildman–Crippen MR) is 64.9 cm³/mol. The number of hydrogen-bond donors (Lipinski definition) is 0. The zero-order valence-electron chi connectivity index (χ0n) is 9.35. The van der Waals surface area contributed by atoms with Crippen LogP contribution in [0.4, 0.5) is 0 Å². The average molecular weight is 246 g/mol. The molecule has 1 aromatic carbocycles. The second kappa shape index (κ2) is 4.40. The van der Waals surface area contributed by atoms with E-state index in [0.29, 0.717) is 0 Å². The number of hydrogen-bond acceptors (Lipinski definition) is 4. The van der Waals surface area contributed by atoms with Crippen molar-refractivity contribution in [3.63, 3.8) is 0 Å². The maximum Gasteiger partial charge on any atom is 0.481 e. The molecule has 0 fully saturated rings. The van der Waals surface area contributed by atoms with Crippen molar-refractivity contribution in [2.45, 2.75) is 12.1 Å². The summed E-state index contributed by atoms with van der Waals surface area (Å²) in [5.74, 6) is 0. The third-order valence-electron chi connectivity index (χ3n) is 2.89. The van der Waals surface area contributed by atoms with E-state index >= 15 is 0 Å². The van der Waals surface area contributed by atoms with Crippen LogP contribution in [0.3, 0.4) is 0 Å². The van der Waals surface area contributed by atoms with Gasteiger partial charge in [-0.1, -0.05) is 36.4 Å². The van der Waals surface area contributed by atoms with Crippen molar-refractivity contribution in [3.8, 4) is 0 Å². The summed E-state index contributed by atoms with van der Waals surface area (Å²) in [5.41, 5.74) is -0.581. The molecule has 0 aliphatic heterocycles. The van der Waals surface area contributed by atoms with Crippen LogP contribution in [0.2, 0.25) is 0 Å². The van der Waals surface area contributed by atoms with Crippen LogP contribution >= 0.6 is 0 Å². The number of nitro groups is 2. The summed E-state index contributed by atoms with van der Waals surface area (Å²) >= 11 is 0. The Hall–Kier alpha value is -2.50. The van der Waals surface area contributed by atoms with Crippen LogP contribution in [0.15, 0.2) is 48.6 Å². The lowest BCUT2D eigenvalue weighted by Crippen LogP contribution is -2.44. The lowest BCUT2D eigenvalue weighted by atomic mass is 9.94. The van der Waals surface area contributed by atoms with Gasteiger partial charge in [0, 0.05) is 0 Å². The van der Waals surface area contributed by atoms with E-state index in [4.69, 9.17) is 0 Å². The van der Waals surface area contributed by atoms with E-state index in [2.05, 4.69) is 0 Å². The molecule has 2 rings (SSSR count). The normalized spacial score (nSPS) is 17.0. The van der Waals surface area contributed by atoms with E-state index in [1.165, 1.54) is 12.2 Å². The molecule has 6 heteroatoms. The molecule has 0 bridgehead atoms. The summed E-state index contributed by atoms with van der Waals surface area (Å²) in [6.07, 6.45) is 3.77. The summed E-state index contributed by atoms with van der Waals surface area (Å²) in [6, 6.07) is 9.23. The highest BCUT2D eigenvalue weighted by Gasteiger charge is 2.53. The quantitative estimate of drug-likeness (QED) is 0.465. The fourth-order valence-corrected chi connectivity index (χ4v) is 1.80. The Morgan fingerprint density at radius 1 is 1.06 bits per heavy atom. The minimum atomic E-state index is -2.22. The number of nitrogens with zero attached hydrogens (tertiary/aromatic N) is 2. The molecule has 18 heavy (non-hydrogen) atoms. The van der Waals surface area contributed by atoms with Gasteiger partial charge < -0.3 is 0 Å². The van der Waals surface area contributed by atoms with Crippen molar-refractivity contribution >= 4 is 5.57 Å². The SMILES string of the molecule is O=[N+]([O-])C1([N+](=O)[O-])C=CC(c2ccccc2)=CC1. The van der Waals surface area contributed by atoms with Gasteiger partial charge >= 0.3 is 5.66 Å². The van der Waals surface area contributed by atoms with Gasteiger partial charge in [0.25, 0.3) is 0 Å². The highest BCUT2D eigenvalue weighted by Crippen LogP contribution is 2.29. The van der Waals surface area contributed by atoms with Gasteiger partial charge in [0.1, 0.15) is 16.3 Å². The number of allylic oxidation sites excluding steroid dienone is 2. The standard InChI is InChI=1S/C12H10N2O4/c15-13(16)12(14(17)18)8-6-11(7-9-12)10-4-2-1-3-5-10/h1-8H,9H2. The highest BCUT2D eigenvalue weighted by molar-refractivity contribution is 5.75. The van der Waals surface area contributed by atoms with E-state index in [1.54, 1.807) is 0 Å². The largest absolute Gasteiger partial charge is 0.481 e. The minimum absolute atomic E-state index is 0.242. The van der Waals surface area contributed by atoms with E-state index in [1.807, 2.05) is 30.3 Å². The topological polar surface area (TPSA) is 86.3 Å². The van der Waals surface area contributed by atoms with E-state index in [0.717, 1.165) is 17.2 Å². The lowest BCUT2D eigenvalue weighted by Gasteiger charge is -2.16. The Morgan fingerprint density at radius 3 is 2.11 bits per heavy atom. The zero-order valence-corrected chi connectivity index (χ0v) is 9.35. The average Bonchev–Trinajstić information content (AvgIpc) is 2.39. The molecule has 1 aromatic rings.